The average Bonchev–Trinajstić information content (AvgIpc) is 3.51. The number of nitrogens with one attached hydrogen (secondary N) is 2. The van der Waals surface area contributed by atoms with E-state index in [1.807, 2.05) is 7.05 Å². The summed E-state index contributed by atoms with van der Waals surface area (Å²) in [4.78, 5) is 13.3. The first-order valence-corrected chi connectivity index (χ1v) is 12.2. The van der Waals surface area contributed by atoms with E-state index in [-0.39, 0.29) is 24.3 Å². The molecule has 3 aromatic carbocycles. The largest absolute Gasteiger partial charge is 0.375 e. The van der Waals surface area contributed by atoms with Crippen molar-refractivity contribution in [2.45, 2.75) is 44.0 Å². The second-order valence-corrected chi connectivity index (χ2v) is 10.2. The highest BCUT2D eigenvalue weighted by molar-refractivity contribution is 6.31. The van der Waals surface area contributed by atoms with Crippen LogP contribution in [0.4, 0.5) is 0 Å². The normalized spacial score (nSPS) is 27.3. The molecule has 8 rings (SSSR count). The summed E-state index contributed by atoms with van der Waals surface area (Å²) in [6.07, 6.45) is 0.231. The van der Waals surface area contributed by atoms with E-state index in [4.69, 9.17) is 9.47 Å². The minimum atomic E-state index is -0.634. The van der Waals surface area contributed by atoms with Gasteiger partial charge >= 0.3 is 0 Å². The van der Waals surface area contributed by atoms with E-state index in [1.54, 1.807) is 7.11 Å². The summed E-state index contributed by atoms with van der Waals surface area (Å²) >= 11 is 0. The van der Waals surface area contributed by atoms with Crippen LogP contribution in [0.25, 0.3) is 43.6 Å². The van der Waals surface area contributed by atoms with Gasteiger partial charge < -0.3 is 29.2 Å². The van der Waals surface area contributed by atoms with Crippen molar-refractivity contribution < 1.29 is 14.3 Å². The topological polar surface area (TPSA) is 69.5 Å². The fourth-order valence-corrected chi connectivity index (χ4v) is 7.22. The summed E-state index contributed by atoms with van der Waals surface area (Å²) in [6.45, 7) is 2.71. The van der Waals surface area contributed by atoms with Crippen LogP contribution in [0.1, 0.15) is 35.5 Å². The van der Waals surface area contributed by atoms with E-state index < -0.39 is 5.72 Å². The lowest BCUT2D eigenvalue weighted by Crippen LogP contribution is -2.56. The van der Waals surface area contributed by atoms with Crippen LogP contribution in [0.5, 0.6) is 0 Å². The van der Waals surface area contributed by atoms with E-state index in [9.17, 15) is 4.79 Å². The van der Waals surface area contributed by atoms with Crippen molar-refractivity contribution in [2.24, 2.45) is 0 Å². The third-order valence-electron chi connectivity index (χ3n) is 8.54. The van der Waals surface area contributed by atoms with Crippen LogP contribution < -0.4 is 10.6 Å². The first-order chi connectivity index (χ1) is 17.1. The summed E-state index contributed by atoms with van der Waals surface area (Å²) in [6, 6.07) is 17.0. The number of hydrogen-bond donors (Lipinski definition) is 2. The summed E-state index contributed by atoms with van der Waals surface area (Å²) in [5, 5.41) is 11.0. The second-order valence-electron chi connectivity index (χ2n) is 10.2. The van der Waals surface area contributed by atoms with Gasteiger partial charge in [-0.2, -0.15) is 0 Å². The Morgan fingerprint density at radius 2 is 1.77 bits per heavy atom. The molecule has 1 amide bonds. The monoisotopic (exact) mass is 466 g/mol. The second kappa shape index (κ2) is 6.43. The first-order valence-electron chi connectivity index (χ1n) is 12.2. The SMILES string of the molecule is CN[C@@H]1CC2(C)OC([C@@H]1OC)n1c3ccccc3c3c4c(c5c6ccccc6n2c5c31)C(=O)NC4. The number of benzene rings is 3. The molecule has 1 fully saturated rings. The highest BCUT2D eigenvalue weighted by Gasteiger charge is 2.51. The zero-order chi connectivity index (χ0) is 23.6. The molecule has 35 heavy (non-hydrogen) atoms. The molecule has 1 saturated heterocycles. The predicted octanol–water partition coefficient (Wildman–Crippen LogP) is 4.35. The Bertz CT molecular complexity index is 1750. The number of carbonyl (C=O) groups excluding carboxylic acids is 1. The van der Waals surface area contributed by atoms with Gasteiger partial charge in [-0.1, -0.05) is 36.4 Å². The van der Waals surface area contributed by atoms with Crippen molar-refractivity contribution in [3.05, 3.63) is 59.7 Å². The van der Waals surface area contributed by atoms with Gasteiger partial charge in [-0.05, 0) is 31.7 Å². The number of carbonyl (C=O) groups is 1. The summed E-state index contributed by atoms with van der Waals surface area (Å²) < 4.78 is 17.9. The summed E-state index contributed by atoms with van der Waals surface area (Å²) in [7, 11) is 3.77. The van der Waals surface area contributed by atoms with Crippen molar-refractivity contribution in [3.63, 3.8) is 0 Å². The van der Waals surface area contributed by atoms with Crippen molar-refractivity contribution in [1.82, 2.24) is 19.8 Å². The molecule has 3 aliphatic rings. The van der Waals surface area contributed by atoms with Gasteiger partial charge in [0.05, 0.1) is 27.6 Å². The molecule has 7 nitrogen and oxygen atoms in total. The van der Waals surface area contributed by atoms with Crippen LogP contribution in [0.15, 0.2) is 48.5 Å². The third-order valence-corrected chi connectivity index (χ3v) is 8.54. The molecule has 2 N–H and O–H groups in total. The van der Waals surface area contributed by atoms with Gasteiger partial charge in [0.2, 0.25) is 0 Å². The minimum Gasteiger partial charge on any atom is -0.375 e. The molecule has 0 radical (unpaired) electrons. The smallest absolute Gasteiger partial charge is 0.252 e. The Morgan fingerprint density at radius 1 is 1.06 bits per heavy atom. The van der Waals surface area contributed by atoms with Crippen LogP contribution in [0.3, 0.4) is 0 Å². The molecule has 2 unspecified atom stereocenters. The molecule has 176 valence electrons. The zero-order valence-corrected chi connectivity index (χ0v) is 19.9. The number of amides is 1. The molecule has 3 aliphatic heterocycles. The van der Waals surface area contributed by atoms with Crippen LogP contribution in [-0.4, -0.2) is 41.3 Å². The van der Waals surface area contributed by atoms with E-state index >= 15 is 0 Å². The van der Waals surface area contributed by atoms with Gasteiger partial charge in [-0.25, -0.2) is 0 Å². The number of rotatable bonds is 2. The molecular formula is C28H26N4O3. The van der Waals surface area contributed by atoms with E-state index in [2.05, 4.69) is 75.2 Å². The minimum absolute atomic E-state index is 0.00259. The summed E-state index contributed by atoms with van der Waals surface area (Å²) in [5.41, 5.74) is 5.63. The summed E-state index contributed by atoms with van der Waals surface area (Å²) in [5.74, 6) is 0.00259. The highest BCUT2D eigenvalue weighted by atomic mass is 16.6. The zero-order valence-electron chi connectivity index (χ0n) is 19.9. The number of aromatic nitrogens is 2. The maximum Gasteiger partial charge on any atom is 0.252 e. The Morgan fingerprint density at radius 3 is 2.51 bits per heavy atom. The molecule has 4 atom stereocenters. The Balaban J connectivity index is 1.72. The maximum absolute atomic E-state index is 13.3. The van der Waals surface area contributed by atoms with Gasteiger partial charge in [-0.3, -0.25) is 4.79 Å². The lowest BCUT2D eigenvalue weighted by molar-refractivity contribution is -0.242. The number of nitrogens with zero attached hydrogens (tertiary/aromatic N) is 2. The lowest BCUT2D eigenvalue weighted by Gasteiger charge is -2.47. The molecule has 0 saturated carbocycles. The van der Waals surface area contributed by atoms with E-state index in [1.165, 1.54) is 0 Å². The van der Waals surface area contributed by atoms with Gasteiger partial charge in [0, 0.05) is 47.7 Å². The Labute approximate surface area is 201 Å². The highest BCUT2D eigenvalue weighted by Crippen LogP contribution is 2.53. The fourth-order valence-electron chi connectivity index (χ4n) is 7.22. The van der Waals surface area contributed by atoms with Crippen LogP contribution >= 0.6 is 0 Å². The lowest BCUT2D eigenvalue weighted by atomic mass is 9.94. The molecule has 5 aromatic rings. The maximum atomic E-state index is 13.3. The number of likely N-dealkylation sites (N-methyl/N-ethyl adjacent to an activating group) is 1. The molecule has 0 spiro atoms. The average molecular weight is 467 g/mol. The van der Waals surface area contributed by atoms with Crippen LogP contribution in [-0.2, 0) is 21.7 Å². The number of para-hydroxylation sites is 2. The molecule has 7 heteroatoms. The number of ether oxygens (including phenoxy) is 2. The fraction of sp³-hybridized carbons (Fsp3) is 0.321. The van der Waals surface area contributed by atoms with Gasteiger partial charge in [0.15, 0.2) is 6.23 Å². The van der Waals surface area contributed by atoms with Gasteiger partial charge in [0.1, 0.15) is 11.8 Å². The van der Waals surface area contributed by atoms with Crippen molar-refractivity contribution in [1.29, 1.82) is 0 Å². The molecule has 2 aromatic heterocycles. The van der Waals surface area contributed by atoms with Crippen molar-refractivity contribution >= 4 is 49.5 Å². The predicted molar refractivity (Wildman–Crippen MR) is 136 cm³/mol. The van der Waals surface area contributed by atoms with Crippen molar-refractivity contribution in [3.8, 4) is 0 Å². The van der Waals surface area contributed by atoms with E-state index in [0.29, 0.717) is 6.54 Å². The number of methoxy groups -OCH3 is 1. The third kappa shape index (κ3) is 2.16. The van der Waals surface area contributed by atoms with E-state index in [0.717, 1.165) is 61.2 Å². The molecule has 5 heterocycles. The van der Waals surface area contributed by atoms with Crippen LogP contribution in [0, 0.1) is 0 Å². The van der Waals surface area contributed by atoms with Crippen LogP contribution in [0.2, 0.25) is 0 Å². The molecule has 2 bridgehead atoms. The molecular weight excluding hydrogens is 440 g/mol. The molecule has 0 aliphatic carbocycles. The van der Waals surface area contributed by atoms with Crippen molar-refractivity contribution in [2.75, 3.05) is 14.2 Å². The first kappa shape index (κ1) is 19.9. The Kier molecular flexibility index (Phi) is 3.65. The number of fused-ring (bicyclic) bond motifs is 13. The Hall–Kier alpha value is -3.39. The quantitative estimate of drug-likeness (QED) is 0.406. The van der Waals surface area contributed by atoms with Gasteiger partial charge in [-0.15, -0.1) is 0 Å². The van der Waals surface area contributed by atoms with Gasteiger partial charge in [0.25, 0.3) is 5.91 Å². The standard InChI is InChI=1S/C28H26N4O3/c1-28-12-17(29-2)25(34-3)27(35-28)31-18-10-6-4-8-14(18)20-16-13-30-26(33)22(16)21-15-9-5-7-11-19(15)32(28)24(21)23(20)31/h4-11,17,25,27,29H,12-13H2,1-3H3,(H,30,33)/t17-,25-,27?,28?/m1/s1. The number of hydrogen-bond acceptors (Lipinski definition) is 4.